The zero-order valence-corrected chi connectivity index (χ0v) is 10.9. The average Bonchev–Trinajstić information content (AvgIpc) is 2.95. The Labute approximate surface area is 112 Å². The minimum absolute atomic E-state index is 0.102. The standard InChI is InChI=1S/C15H18N2O2/c18-14-7-10-6-11(3-4-12(10)17-14)15(8-19-9-15)13-2-1-5-16-13/h3-4,6,13,16H,1-2,5,7-9H2,(H,17,18). The van der Waals surface area contributed by atoms with Crippen molar-refractivity contribution in [2.45, 2.75) is 30.7 Å². The van der Waals surface area contributed by atoms with Crippen LogP contribution in [0.4, 0.5) is 5.69 Å². The number of ether oxygens (including phenoxy) is 1. The van der Waals surface area contributed by atoms with Crippen LogP contribution in [0.3, 0.4) is 0 Å². The average molecular weight is 258 g/mol. The summed E-state index contributed by atoms with van der Waals surface area (Å²) in [4.78, 5) is 11.5. The molecule has 0 bridgehead atoms. The second kappa shape index (κ2) is 4.05. The van der Waals surface area contributed by atoms with Crippen LogP contribution in [0.25, 0.3) is 0 Å². The fourth-order valence-electron chi connectivity index (χ4n) is 3.59. The van der Waals surface area contributed by atoms with Crippen molar-refractivity contribution in [3.63, 3.8) is 0 Å². The monoisotopic (exact) mass is 258 g/mol. The zero-order chi connectivity index (χ0) is 12.9. The topological polar surface area (TPSA) is 50.4 Å². The maximum absolute atomic E-state index is 11.5. The van der Waals surface area contributed by atoms with E-state index in [4.69, 9.17) is 4.74 Å². The molecule has 3 aliphatic rings. The molecule has 1 amide bonds. The van der Waals surface area contributed by atoms with Gasteiger partial charge in [0.15, 0.2) is 0 Å². The zero-order valence-electron chi connectivity index (χ0n) is 10.9. The van der Waals surface area contributed by atoms with Gasteiger partial charge in [-0.1, -0.05) is 12.1 Å². The summed E-state index contributed by atoms with van der Waals surface area (Å²) in [6.45, 7) is 2.70. The number of anilines is 1. The van der Waals surface area contributed by atoms with E-state index in [0.29, 0.717) is 12.5 Å². The smallest absolute Gasteiger partial charge is 0.228 e. The van der Waals surface area contributed by atoms with Crippen molar-refractivity contribution in [3.8, 4) is 0 Å². The van der Waals surface area contributed by atoms with E-state index in [1.165, 1.54) is 18.4 Å². The highest BCUT2D eigenvalue weighted by Gasteiger charge is 2.48. The normalized spacial score (nSPS) is 27.8. The van der Waals surface area contributed by atoms with Crippen molar-refractivity contribution in [2.75, 3.05) is 25.1 Å². The summed E-state index contributed by atoms with van der Waals surface area (Å²) in [6.07, 6.45) is 2.98. The Hall–Kier alpha value is -1.39. The van der Waals surface area contributed by atoms with Crippen molar-refractivity contribution in [2.24, 2.45) is 0 Å². The molecule has 4 heteroatoms. The molecular weight excluding hydrogens is 240 g/mol. The van der Waals surface area contributed by atoms with Gasteiger partial charge in [0.2, 0.25) is 5.91 Å². The first kappa shape index (κ1) is 11.4. The van der Waals surface area contributed by atoms with E-state index in [2.05, 4.69) is 22.8 Å². The molecule has 1 aromatic rings. The molecule has 4 nitrogen and oxygen atoms in total. The van der Waals surface area contributed by atoms with Crippen LogP contribution in [0.5, 0.6) is 0 Å². The number of rotatable bonds is 2. The fourth-order valence-corrected chi connectivity index (χ4v) is 3.59. The van der Waals surface area contributed by atoms with Crippen molar-refractivity contribution >= 4 is 11.6 Å². The summed E-state index contributed by atoms with van der Waals surface area (Å²) in [5, 5.41) is 6.51. The summed E-state index contributed by atoms with van der Waals surface area (Å²) in [7, 11) is 0. The van der Waals surface area contributed by atoms with Gasteiger partial charge in [0, 0.05) is 11.7 Å². The number of hydrogen-bond acceptors (Lipinski definition) is 3. The Balaban J connectivity index is 1.71. The molecule has 1 atom stereocenters. The van der Waals surface area contributed by atoms with Crippen molar-refractivity contribution < 1.29 is 9.53 Å². The van der Waals surface area contributed by atoms with E-state index < -0.39 is 0 Å². The molecule has 0 spiro atoms. The third-order valence-electron chi connectivity index (χ3n) is 4.75. The van der Waals surface area contributed by atoms with Crippen LogP contribution in [0.2, 0.25) is 0 Å². The van der Waals surface area contributed by atoms with Gasteiger partial charge in [-0.05, 0) is 36.6 Å². The molecular formula is C15H18N2O2. The SMILES string of the molecule is O=C1Cc2cc(C3(C4CCCN4)COC3)ccc2N1. The van der Waals surface area contributed by atoms with E-state index in [-0.39, 0.29) is 11.3 Å². The van der Waals surface area contributed by atoms with E-state index in [9.17, 15) is 4.79 Å². The first-order valence-corrected chi connectivity index (χ1v) is 7.02. The van der Waals surface area contributed by atoms with Crippen molar-refractivity contribution in [1.82, 2.24) is 5.32 Å². The summed E-state index contributed by atoms with van der Waals surface area (Å²) in [5.41, 5.74) is 3.56. The first-order valence-electron chi connectivity index (χ1n) is 7.02. The van der Waals surface area contributed by atoms with Gasteiger partial charge in [0.05, 0.1) is 25.0 Å². The number of fused-ring (bicyclic) bond motifs is 1. The molecule has 2 saturated heterocycles. The minimum Gasteiger partial charge on any atom is -0.379 e. The Morgan fingerprint density at radius 2 is 2.21 bits per heavy atom. The van der Waals surface area contributed by atoms with E-state index in [0.717, 1.165) is 31.0 Å². The summed E-state index contributed by atoms with van der Waals surface area (Å²) in [6, 6.07) is 6.93. The van der Waals surface area contributed by atoms with Crippen LogP contribution in [0.15, 0.2) is 18.2 Å². The van der Waals surface area contributed by atoms with Crippen LogP contribution in [-0.4, -0.2) is 31.7 Å². The fraction of sp³-hybridized carbons (Fsp3) is 0.533. The lowest BCUT2D eigenvalue weighted by Crippen LogP contribution is -2.58. The lowest BCUT2D eigenvalue weighted by atomic mass is 9.71. The van der Waals surface area contributed by atoms with Crippen LogP contribution in [-0.2, 0) is 21.4 Å². The Bertz CT molecular complexity index is 531. The molecule has 0 aromatic heterocycles. The number of amides is 1. The molecule has 4 rings (SSSR count). The summed E-state index contributed by atoms with van der Waals surface area (Å²) < 4.78 is 5.52. The summed E-state index contributed by atoms with van der Waals surface area (Å²) in [5.74, 6) is 0.102. The molecule has 1 aromatic carbocycles. The van der Waals surface area contributed by atoms with Gasteiger partial charge >= 0.3 is 0 Å². The molecule has 0 radical (unpaired) electrons. The van der Waals surface area contributed by atoms with Crippen LogP contribution >= 0.6 is 0 Å². The number of carbonyl (C=O) groups is 1. The quantitative estimate of drug-likeness (QED) is 0.838. The molecule has 19 heavy (non-hydrogen) atoms. The Kier molecular flexibility index (Phi) is 2.44. The molecule has 100 valence electrons. The highest BCUT2D eigenvalue weighted by molar-refractivity contribution is 5.99. The minimum atomic E-state index is 0.102. The number of nitrogens with one attached hydrogen (secondary N) is 2. The molecule has 3 heterocycles. The summed E-state index contributed by atoms with van der Waals surface area (Å²) >= 11 is 0. The van der Waals surface area contributed by atoms with Crippen molar-refractivity contribution in [1.29, 1.82) is 0 Å². The lowest BCUT2D eigenvalue weighted by Gasteiger charge is -2.46. The molecule has 0 aliphatic carbocycles. The van der Waals surface area contributed by atoms with Gasteiger partial charge in [-0.25, -0.2) is 0 Å². The Morgan fingerprint density at radius 1 is 1.32 bits per heavy atom. The van der Waals surface area contributed by atoms with E-state index in [1.807, 2.05) is 6.07 Å². The van der Waals surface area contributed by atoms with Gasteiger partial charge in [0.1, 0.15) is 0 Å². The second-order valence-corrected chi connectivity index (χ2v) is 5.89. The van der Waals surface area contributed by atoms with E-state index >= 15 is 0 Å². The number of benzene rings is 1. The van der Waals surface area contributed by atoms with Gasteiger partial charge in [-0.3, -0.25) is 4.79 Å². The molecule has 2 fully saturated rings. The maximum Gasteiger partial charge on any atom is 0.228 e. The second-order valence-electron chi connectivity index (χ2n) is 5.89. The Morgan fingerprint density at radius 3 is 2.89 bits per heavy atom. The third kappa shape index (κ3) is 1.63. The molecule has 2 N–H and O–H groups in total. The van der Waals surface area contributed by atoms with Gasteiger partial charge in [-0.2, -0.15) is 0 Å². The maximum atomic E-state index is 11.5. The predicted molar refractivity (Wildman–Crippen MR) is 72.3 cm³/mol. The molecule has 0 saturated carbocycles. The first-order chi connectivity index (χ1) is 9.28. The van der Waals surface area contributed by atoms with Gasteiger partial charge < -0.3 is 15.4 Å². The van der Waals surface area contributed by atoms with Gasteiger partial charge in [0.25, 0.3) is 0 Å². The highest BCUT2D eigenvalue weighted by atomic mass is 16.5. The predicted octanol–water partition coefficient (Wildman–Crippen LogP) is 1.20. The van der Waals surface area contributed by atoms with Gasteiger partial charge in [-0.15, -0.1) is 0 Å². The van der Waals surface area contributed by atoms with Crippen LogP contribution in [0, 0.1) is 0 Å². The molecule has 1 unspecified atom stereocenters. The van der Waals surface area contributed by atoms with Crippen LogP contribution in [0.1, 0.15) is 24.0 Å². The van der Waals surface area contributed by atoms with Crippen LogP contribution < -0.4 is 10.6 Å². The van der Waals surface area contributed by atoms with Crippen molar-refractivity contribution in [3.05, 3.63) is 29.3 Å². The number of carbonyl (C=O) groups excluding carboxylic acids is 1. The third-order valence-corrected chi connectivity index (χ3v) is 4.75. The molecule has 3 aliphatic heterocycles. The van der Waals surface area contributed by atoms with E-state index in [1.54, 1.807) is 0 Å². The number of hydrogen-bond donors (Lipinski definition) is 2. The largest absolute Gasteiger partial charge is 0.379 e. The highest BCUT2D eigenvalue weighted by Crippen LogP contribution is 2.40. The lowest BCUT2D eigenvalue weighted by molar-refractivity contribution is -0.115.